The van der Waals surface area contributed by atoms with E-state index < -0.39 is 0 Å². The van der Waals surface area contributed by atoms with E-state index >= 15 is 0 Å². The summed E-state index contributed by atoms with van der Waals surface area (Å²) in [5, 5.41) is 18.7. The van der Waals surface area contributed by atoms with Crippen LogP contribution in [0.4, 0.5) is 0 Å². The van der Waals surface area contributed by atoms with E-state index in [2.05, 4.69) is 18.7 Å². The highest BCUT2D eigenvalue weighted by Gasteiger charge is 2.09. The number of rotatable bonds is 11. The molecule has 0 radical (unpaired) electrons. The summed E-state index contributed by atoms with van der Waals surface area (Å²) in [5.41, 5.74) is 0.517. The van der Waals surface area contributed by atoms with Gasteiger partial charge in [0.05, 0.1) is 12.8 Å². The van der Waals surface area contributed by atoms with E-state index in [1.807, 2.05) is 16.5 Å². The van der Waals surface area contributed by atoms with Crippen LogP contribution in [0.3, 0.4) is 0 Å². The number of pyridine rings is 1. The number of aromatic hydroxyl groups is 1. The summed E-state index contributed by atoms with van der Waals surface area (Å²) in [4.78, 5) is 16.0. The van der Waals surface area contributed by atoms with Crippen molar-refractivity contribution in [1.82, 2.24) is 14.4 Å². The van der Waals surface area contributed by atoms with E-state index in [0.717, 1.165) is 44.7 Å². The van der Waals surface area contributed by atoms with Crippen molar-refractivity contribution in [1.29, 1.82) is 0 Å². The number of likely N-dealkylation sites (N-methyl/N-ethyl adjacent to an activating group) is 1. The molecule has 0 saturated carbocycles. The first-order valence-electron chi connectivity index (χ1n) is 8.45. The van der Waals surface area contributed by atoms with Gasteiger partial charge < -0.3 is 19.7 Å². The number of aryl methyl sites for hydroxylation is 1. The van der Waals surface area contributed by atoms with Gasteiger partial charge in [0.2, 0.25) is 5.43 Å². The van der Waals surface area contributed by atoms with Crippen LogP contribution in [0, 0.1) is 0 Å². The zero-order valence-corrected chi connectivity index (χ0v) is 14.7. The molecular formula is C17H31N3O3. The van der Waals surface area contributed by atoms with Gasteiger partial charge in [-0.1, -0.05) is 13.8 Å². The molecule has 0 unspecified atom stereocenters. The number of hydrogen-bond donors (Lipinski definition) is 2. The van der Waals surface area contributed by atoms with Gasteiger partial charge in [0.1, 0.15) is 0 Å². The van der Waals surface area contributed by atoms with Gasteiger partial charge in [-0.25, -0.2) is 0 Å². The topological polar surface area (TPSA) is 68.9 Å². The summed E-state index contributed by atoms with van der Waals surface area (Å²) >= 11 is 0. The van der Waals surface area contributed by atoms with Gasteiger partial charge in [-0.3, -0.25) is 9.69 Å². The maximum Gasteiger partial charge on any atom is 0.223 e. The van der Waals surface area contributed by atoms with Crippen molar-refractivity contribution in [2.45, 2.75) is 39.8 Å². The fourth-order valence-corrected chi connectivity index (χ4v) is 2.63. The molecule has 2 N–H and O–H groups in total. The summed E-state index contributed by atoms with van der Waals surface area (Å²) in [6.07, 6.45) is 3.61. The van der Waals surface area contributed by atoms with Crippen LogP contribution in [-0.4, -0.2) is 64.4 Å². The second-order valence-corrected chi connectivity index (χ2v) is 5.90. The SMILES string of the molecule is CCN(CC)CCCCn1cc(O)c(=O)cc1CN(C)CCO. The van der Waals surface area contributed by atoms with Gasteiger partial charge in [-0.05, 0) is 39.5 Å². The van der Waals surface area contributed by atoms with Crippen molar-refractivity contribution in [3.8, 4) is 5.75 Å². The van der Waals surface area contributed by atoms with Gasteiger partial charge in [0.15, 0.2) is 5.75 Å². The molecule has 132 valence electrons. The Bertz CT molecular complexity index is 512. The second kappa shape index (κ2) is 10.4. The normalized spacial score (nSPS) is 11.6. The minimum absolute atomic E-state index is 0.0860. The predicted octanol–water partition coefficient (Wildman–Crippen LogP) is 1.10. The lowest BCUT2D eigenvalue weighted by molar-refractivity contribution is 0.214. The van der Waals surface area contributed by atoms with Gasteiger partial charge >= 0.3 is 0 Å². The highest BCUT2D eigenvalue weighted by molar-refractivity contribution is 5.20. The highest BCUT2D eigenvalue weighted by Crippen LogP contribution is 2.09. The van der Waals surface area contributed by atoms with Crippen molar-refractivity contribution in [3.05, 3.63) is 28.2 Å². The molecule has 6 nitrogen and oxygen atoms in total. The molecule has 1 aromatic heterocycles. The molecule has 1 aromatic rings. The van der Waals surface area contributed by atoms with E-state index in [4.69, 9.17) is 5.11 Å². The molecule has 23 heavy (non-hydrogen) atoms. The van der Waals surface area contributed by atoms with E-state index in [1.54, 1.807) is 0 Å². The van der Waals surface area contributed by atoms with Gasteiger partial charge in [-0.2, -0.15) is 0 Å². The Balaban J connectivity index is 2.68. The van der Waals surface area contributed by atoms with E-state index in [-0.39, 0.29) is 17.8 Å². The van der Waals surface area contributed by atoms with Crippen LogP contribution >= 0.6 is 0 Å². The van der Waals surface area contributed by atoms with Crippen LogP contribution in [0.15, 0.2) is 17.1 Å². The molecule has 0 amide bonds. The largest absolute Gasteiger partial charge is 0.503 e. The zero-order chi connectivity index (χ0) is 17.2. The maximum absolute atomic E-state index is 11.7. The van der Waals surface area contributed by atoms with Crippen LogP contribution in [0.1, 0.15) is 32.4 Å². The minimum atomic E-state index is -0.350. The monoisotopic (exact) mass is 325 g/mol. The molecule has 6 heteroatoms. The smallest absolute Gasteiger partial charge is 0.223 e. The molecule has 0 fully saturated rings. The first kappa shape index (κ1) is 19.7. The van der Waals surface area contributed by atoms with Gasteiger partial charge in [0.25, 0.3) is 0 Å². The molecule has 0 spiro atoms. The van der Waals surface area contributed by atoms with Crippen LogP contribution in [0.25, 0.3) is 0 Å². The first-order chi connectivity index (χ1) is 11.0. The molecule has 0 aromatic carbocycles. The Kier molecular flexibility index (Phi) is 8.91. The van der Waals surface area contributed by atoms with Crippen molar-refractivity contribution in [3.63, 3.8) is 0 Å². The Morgan fingerprint density at radius 3 is 2.48 bits per heavy atom. The molecule has 1 rings (SSSR count). The van der Waals surface area contributed by atoms with Crippen molar-refractivity contribution in [2.75, 3.05) is 39.8 Å². The highest BCUT2D eigenvalue weighted by atomic mass is 16.3. The van der Waals surface area contributed by atoms with Crippen LogP contribution in [0.5, 0.6) is 5.75 Å². The molecule has 1 heterocycles. The van der Waals surface area contributed by atoms with Crippen LogP contribution in [-0.2, 0) is 13.1 Å². The van der Waals surface area contributed by atoms with Gasteiger partial charge in [0, 0.05) is 31.4 Å². The van der Waals surface area contributed by atoms with E-state index in [0.29, 0.717) is 13.1 Å². The molecule has 0 aliphatic carbocycles. The Morgan fingerprint density at radius 2 is 1.87 bits per heavy atom. The van der Waals surface area contributed by atoms with Crippen LogP contribution < -0.4 is 5.43 Å². The van der Waals surface area contributed by atoms with E-state index in [1.165, 1.54) is 12.3 Å². The fourth-order valence-electron chi connectivity index (χ4n) is 2.63. The lowest BCUT2D eigenvalue weighted by Gasteiger charge is -2.21. The standard InChI is InChI=1S/C17H31N3O3/c1-4-19(5-2)8-6-7-9-20-14-17(23)16(22)12-15(20)13-18(3)10-11-21/h12,14,21,23H,4-11,13H2,1-3H3. The molecule has 0 atom stereocenters. The third-order valence-corrected chi connectivity index (χ3v) is 4.13. The maximum atomic E-state index is 11.7. The molecule has 0 aliphatic heterocycles. The zero-order valence-electron chi connectivity index (χ0n) is 14.7. The first-order valence-corrected chi connectivity index (χ1v) is 8.45. The lowest BCUT2D eigenvalue weighted by Crippen LogP contribution is -2.26. The molecular weight excluding hydrogens is 294 g/mol. The number of aliphatic hydroxyl groups excluding tert-OH is 1. The third kappa shape index (κ3) is 6.72. The molecule has 0 saturated heterocycles. The van der Waals surface area contributed by atoms with Crippen LogP contribution in [0.2, 0.25) is 0 Å². The second-order valence-electron chi connectivity index (χ2n) is 5.90. The number of aromatic nitrogens is 1. The molecule has 0 bridgehead atoms. The van der Waals surface area contributed by atoms with Crippen molar-refractivity contribution in [2.24, 2.45) is 0 Å². The summed E-state index contributed by atoms with van der Waals surface area (Å²) in [6.45, 7) is 9.51. The summed E-state index contributed by atoms with van der Waals surface area (Å²) in [6, 6.07) is 1.49. The Hall–Kier alpha value is -1.37. The number of unbranched alkanes of at least 4 members (excludes halogenated alkanes) is 1. The summed E-state index contributed by atoms with van der Waals surface area (Å²) < 4.78 is 1.95. The van der Waals surface area contributed by atoms with Crippen molar-refractivity contribution >= 4 is 0 Å². The number of hydrogen-bond acceptors (Lipinski definition) is 5. The van der Waals surface area contributed by atoms with Crippen molar-refractivity contribution < 1.29 is 10.2 Å². The van der Waals surface area contributed by atoms with E-state index in [9.17, 15) is 9.90 Å². The summed E-state index contributed by atoms with van der Waals surface area (Å²) in [7, 11) is 1.90. The Labute approximate surface area is 139 Å². The summed E-state index contributed by atoms with van der Waals surface area (Å²) in [5.74, 6) is -0.206. The predicted molar refractivity (Wildman–Crippen MR) is 92.8 cm³/mol. The Morgan fingerprint density at radius 1 is 1.17 bits per heavy atom. The lowest BCUT2D eigenvalue weighted by atomic mass is 10.2. The third-order valence-electron chi connectivity index (χ3n) is 4.13. The molecule has 0 aliphatic rings. The average Bonchev–Trinajstić information content (AvgIpc) is 2.52. The number of nitrogens with zero attached hydrogens (tertiary/aromatic N) is 3. The average molecular weight is 325 g/mol. The quantitative estimate of drug-likeness (QED) is 0.596. The fraction of sp³-hybridized carbons (Fsp3) is 0.706. The van der Waals surface area contributed by atoms with Gasteiger partial charge in [-0.15, -0.1) is 0 Å². The minimum Gasteiger partial charge on any atom is -0.503 e. The number of aliphatic hydroxyl groups is 1.